The molecule has 0 saturated carbocycles. The van der Waals surface area contributed by atoms with Crippen LogP contribution in [0.4, 0.5) is 36.3 Å². The predicted molar refractivity (Wildman–Crippen MR) is 110 cm³/mol. The van der Waals surface area contributed by atoms with Crippen LogP contribution in [0, 0.1) is 6.92 Å². The van der Waals surface area contributed by atoms with E-state index in [1.54, 1.807) is 19.2 Å². The van der Waals surface area contributed by atoms with Crippen LogP contribution >= 0.6 is 0 Å². The SMILES string of the molecule is CCCc1ccc(N(C)c2nc(Nc3cccc(C)c3)ncc2C(F)(F)F)cc1. The molecule has 0 aliphatic rings. The summed E-state index contributed by atoms with van der Waals surface area (Å²) in [5.41, 5.74) is 2.61. The number of aryl methyl sites for hydroxylation is 2. The Hall–Kier alpha value is -3.09. The molecule has 3 rings (SSSR count). The van der Waals surface area contributed by atoms with Crippen molar-refractivity contribution in [2.75, 3.05) is 17.3 Å². The molecule has 1 N–H and O–H groups in total. The van der Waals surface area contributed by atoms with Crippen LogP contribution in [-0.4, -0.2) is 17.0 Å². The Morgan fingerprint density at radius 1 is 1.07 bits per heavy atom. The van der Waals surface area contributed by atoms with E-state index in [4.69, 9.17) is 0 Å². The second-order valence-corrected chi connectivity index (χ2v) is 6.90. The van der Waals surface area contributed by atoms with E-state index in [0.717, 1.165) is 30.2 Å². The van der Waals surface area contributed by atoms with Crippen LogP contribution in [0.2, 0.25) is 0 Å². The van der Waals surface area contributed by atoms with Crippen molar-refractivity contribution in [3.05, 3.63) is 71.4 Å². The van der Waals surface area contributed by atoms with Gasteiger partial charge in [0, 0.05) is 24.6 Å². The second-order valence-electron chi connectivity index (χ2n) is 6.90. The Balaban J connectivity index is 1.97. The summed E-state index contributed by atoms with van der Waals surface area (Å²) in [7, 11) is 1.57. The van der Waals surface area contributed by atoms with Crippen molar-refractivity contribution in [1.82, 2.24) is 9.97 Å². The van der Waals surface area contributed by atoms with Gasteiger partial charge in [-0.05, 0) is 48.7 Å². The molecule has 0 fully saturated rings. The van der Waals surface area contributed by atoms with Crippen LogP contribution in [0.25, 0.3) is 0 Å². The largest absolute Gasteiger partial charge is 0.421 e. The van der Waals surface area contributed by atoms with Crippen molar-refractivity contribution in [2.45, 2.75) is 32.9 Å². The molecule has 0 aliphatic carbocycles. The maximum atomic E-state index is 13.6. The van der Waals surface area contributed by atoms with Crippen LogP contribution in [0.15, 0.2) is 54.7 Å². The Bertz CT molecular complexity index is 969. The minimum Gasteiger partial charge on any atom is -0.329 e. The first-order valence-corrected chi connectivity index (χ1v) is 9.38. The normalized spacial score (nSPS) is 11.4. The van der Waals surface area contributed by atoms with Gasteiger partial charge in [0.15, 0.2) is 5.82 Å². The Labute approximate surface area is 168 Å². The van der Waals surface area contributed by atoms with Crippen molar-refractivity contribution in [3.8, 4) is 0 Å². The van der Waals surface area contributed by atoms with Crippen LogP contribution in [0.1, 0.15) is 30.0 Å². The molecule has 7 heteroatoms. The quantitative estimate of drug-likeness (QED) is 0.530. The molecule has 4 nitrogen and oxygen atoms in total. The Kier molecular flexibility index (Phi) is 6.06. The van der Waals surface area contributed by atoms with E-state index in [1.165, 1.54) is 4.90 Å². The van der Waals surface area contributed by atoms with Crippen LogP contribution in [-0.2, 0) is 12.6 Å². The van der Waals surface area contributed by atoms with E-state index in [9.17, 15) is 13.2 Å². The fraction of sp³-hybridized carbons (Fsp3) is 0.273. The summed E-state index contributed by atoms with van der Waals surface area (Å²) < 4.78 is 40.7. The van der Waals surface area contributed by atoms with Crippen LogP contribution < -0.4 is 10.2 Å². The van der Waals surface area contributed by atoms with E-state index in [2.05, 4.69) is 22.2 Å². The van der Waals surface area contributed by atoms with Gasteiger partial charge in [-0.3, -0.25) is 0 Å². The number of hydrogen-bond donors (Lipinski definition) is 1. The Morgan fingerprint density at radius 3 is 2.41 bits per heavy atom. The minimum absolute atomic E-state index is 0.105. The summed E-state index contributed by atoms with van der Waals surface area (Å²) in [4.78, 5) is 9.49. The molecular weight excluding hydrogens is 377 g/mol. The summed E-state index contributed by atoms with van der Waals surface area (Å²) in [5.74, 6) is -0.0982. The lowest BCUT2D eigenvalue weighted by Crippen LogP contribution is -2.19. The lowest BCUT2D eigenvalue weighted by atomic mass is 10.1. The zero-order valence-corrected chi connectivity index (χ0v) is 16.6. The smallest absolute Gasteiger partial charge is 0.329 e. The number of aromatic nitrogens is 2. The highest BCUT2D eigenvalue weighted by molar-refractivity contribution is 5.65. The summed E-state index contributed by atoms with van der Waals surface area (Å²) in [6.45, 7) is 4.01. The molecule has 1 heterocycles. The van der Waals surface area contributed by atoms with Crippen molar-refractivity contribution < 1.29 is 13.2 Å². The number of rotatable bonds is 6. The summed E-state index contributed by atoms with van der Waals surface area (Å²) in [5, 5.41) is 2.98. The maximum Gasteiger partial charge on any atom is 0.421 e. The van der Waals surface area contributed by atoms with Gasteiger partial charge in [-0.15, -0.1) is 0 Å². The third-order valence-electron chi connectivity index (χ3n) is 4.53. The van der Waals surface area contributed by atoms with Gasteiger partial charge < -0.3 is 10.2 Å². The van der Waals surface area contributed by atoms with Gasteiger partial charge in [0.25, 0.3) is 0 Å². The van der Waals surface area contributed by atoms with Gasteiger partial charge in [0.05, 0.1) is 0 Å². The minimum atomic E-state index is -4.56. The highest BCUT2D eigenvalue weighted by Gasteiger charge is 2.36. The van der Waals surface area contributed by atoms with Gasteiger partial charge in [-0.25, -0.2) is 4.98 Å². The lowest BCUT2D eigenvalue weighted by Gasteiger charge is -2.23. The molecule has 0 bridgehead atoms. The third-order valence-corrected chi connectivity index (χ3v) is 4.53. The highest BCUT2D eigenvalue weighted by atomic mass is 19.4. The molecule has 2 aromatic carbocycles. The van der Waals surface area contributed by atoms with E-state index in [0.29, 0.717) is 11.4 Å². The second kappa shape index (κ2) is 8.51. The lowest BCUT2D eigenvalue weighted by molar-refractivity contribution is -0.137. The maximum absolute atomic E-state index is 13.6. The molecule has 0 amide bonds. The molecule has 152 valence electrons. The molecule has 29 heavy (non-hydrogen) atoms. The Morgan fingerprint density at radius 2 is 1.79 bits per heavy atom. The first-order chi connectivity index (χ1) is 13.8. The number of hydrogen-bond acceptors (Lipinski definition) is 4. The average molecular weight is 400 g/mol. The monoisotopic (exact) mass is 400 g/mol. The molecule has 0 spiro atoms. The third kappa shape index (κ3) is 5.04. The molecule has 0 unspecified atom stereocenters. The first-order valence-electron chi connectivity index (χ1n) is 9.38. The molecule has 0 saturated heterocycles. The topological polar surface area (TPSA) is 41.1 Å². The molecule has 1 aromatic heterocycles. The van der Waals surface area contributed by atoms with Gasteiger partial charge in [-0.2, -0.15) is 18.2 Å². The van der Waals surface area contributed by atoms with Crippen LogP contribution in [0.3, 0.4) is 0 Å². The van der Waals surface area contributed by atoms with Crippen molar-refractivity contribution in [3.63, 3.8) is 0 Å². The summed E-state index contributed by atoms with van der Waals surface area (Å²) in [6, 6.07) is 14.9. The number of nitrogens with zero attached hydrogens (tertiary/aromatic N) is 3. The molecule has 3 aromatic rings. The van der Waals surface area contributed by atoms with Crippen molar-refractivity contribution >= 4 is 23.1 Å². The van der Waals surface area contributed by atoms with E-state index < -0.39 is 11.7 Å². The number of anilines is 4. The predicted octanol–water partition coefficient (Wildman–Crippen LogP) is 6.27. The molecule has 0 atom stereocenters. The number of benzene rings is 2. The van der Waals surface area contributed by atoms with Crippen molar-refractivity contribution in [1.29, 1.82) is 0 Å². The van der Waals surface area contributed by atoms with Gasteiger partial charge in [0.2, 0.25) is 5.95 Å². The number of alkyl halides is 3. The van der Waals surface area contributed by atoms with E-state index >= 15 is 0 Å². The average Bonchev–Trinajstić information content (AvgIpc) is 2.67. The number of nitrogens with one attached hydrogen (secondary N) is 1. The van der Waals surface area contributed by atoms with Gasteiger partial charge in [-0.1, -0.05) is 37.6 Å². The summed E-state index contributed by atoms with van der Waals surface area (Å²) >= 11 is 0. The fourth-order valence-electron chi connectivity index (χ4n) is 3.04. The van der Waals surface area contributed by atoms with E-state index in [1.807, 2.05) is 43.3 Å². The van der Waals surface area contributed by atoms with Crippen molar-refractivity contribution in [2.24, 2.45) is 0 Å². The molecule has 0 aliphatic heterocycles. The van der Waals surface area contributed by atoms with Gasteiger partial charge >= 0.3 is 6.18 Å². The molecular formula is C22H23F3N4. The number of halogens is 3. The van der Waals surface area contributed by atoms with E-state index in [-0.39, 0.29) is 11.8 Å². The fourth-order valence-corrected chi connectivity index (χ4v) is 3.04. The van der Waals surface area contributed by atoms with Crippen LogP contribution in [0.5, 0.6) is 0 Å². The zero-order valence-electron chi connectivity index (χ0n) is 16.6. The highest BCUT2D eigenvalue weighted by Crippen LogP contribution is 2.37. The first kappa shape index (κ1) is 20.6. The molecule has 0 radical (unpaired) electrons. The standard InChI is InChI=1S/C22H23F3N4/c1-4-6-16-9-11-18(12-10-16)29(3)20-19(22(23,24)25)14-26-21(28-20)27-17-8-5-7-15(2)13-17/h5,7-14H,4,6H2,1-3H3,(H,26,27,28). The summed E-state index contributed by atoms with van der Waals surface area (Å²) in [6.07, 6.45) is -1.81. The zero-order chi connectivity index (χ0) is 21.0. The van der Waals surface area contributed by atoms with Gasteiger partial charge in [0.1, 0.15) is 5.56 Å².